The van der Waals surface area contributed by atoms with Crippen molar-refractivity contribution in [2.24, 2.45) is 0 Å². The molecule has 1 aromatic rings. The molecule has 0 bridgehead atoms. The first-order valence-corrected chi connectivity index (χ1v) is 7.39. The van der Waals surface area contributed by atoms with Gasteiger partial charge in [-0.3, -0.25) is 15.6 Å². The van der Waals surface area contributed by atoms with E-state index in [-0.39, 0.29) is 18.6 Å². The van der Waals surface area contributed by atoms with Gasteiger partial charge in [0.15, 0.2) is 11.7 Å². The molecule has 0 unspecified atom stereocenters. The van der Waals surface area contributed by atoms with E-state index < -0.39 is 0 Å². The van der Waals surface area contributed by atoms with Crippen molar-refractivity contribution in [3.63, 3.8) is 0 Å². The quantitative estimate of drug-likeness (QED) is 0.553. The molecule has 20 heavy (non-hydrogen) atoms. The monoisotopic (exact) mass is 379 g/mol. The number of hydrazine groups is 1. The predicted molar refractivity (Wildman–Crippen MR) is 86.8 cm³/mol. The molecule has 1 aromatic carbocycles. The molecule has 0 aliphatic carbocycles. The largest absolute Gasteiger partial charge is 0.482 e. The Morgan fingerprint density at radius 1 is 1.45 bits per heavy atom. The topological polar surface area (TPSA) is 62.4 Å². The number of hydrogen-bond acceptors (Lipinski definition) is 3. The van der Waals surface area contributed by atoms with Crippen molar-refractivity contribution in [3.05, 3.63) is 27.7 Å². The summed E-state index contributed by atoms with van der Waals surface area (Å²) in [5.74, 6) is 0.0739. The Bertz CT molecular complexity index is 500. The maximum Gasteiger partial charge on any atom is 0.276 e. The summed E-state index contributed by atoms with van der Waals surface area (Å²) in [4.78, 5) is 11.5. The zero-order valence-corrected chi connectivity index (χ0v) is 14.2. The summed E-state index contributed by atoms with van der Waals surface area (Å²) >= 11 is 14.2. The molecular formula is C12H15BrClN3O2S. The molecule has 0 fully saturated rings. The standard InChI is InChI=1S/C12H15BrClN3O2S/c1-7(2)15-12(20)17-16-11(18)6-19-10-4-3-8(13)5-9(10)14/h3-5,7H,6H2,1-2H3,(H,16,18)(H2,15,17,20). The molecule has 110 valence electrons. The van der Waals surface area contributed by atoms with Crippen LogP contribution in [0.2, 0.25) is 5.02 Å². The summed E-state index contributed by atoms with van der Waals surface area (Å²) in [6, 6.07) is 5.33. The van der Waals surface area contributed by atoms with Crippen molar-refractivity contribution in [1.29, 1.82) is 0 Å². The second-order valence-corrected chi connectivity index (χ2v) is 5.90. The lowest BCUT2D eigenvalue weighted by molar-refractivity contribution is -0.123. The average Bonchev–Trinajstić information content (AvgIpc) is 2.34. The van der Waals surface area contributed by atoms with Gasteiger partial charge in [-0.1, -0.05) is 27.5 Å². The summed E-state index contributed by atoms with van der Waals surface area (Å²) in [6.07, 6.45) is 0. The number of nitrogens with one attached hydrogen (secondary N) is 3. The number of amides is 1. The fraction of sp³-hybridized carbons (Fsp3) is 0.333. The molecular weight excluding hydrogens is 366 g/mol. The van der Waals surface area contributed by atoms with Gasteiger partial charge in [-0.2, -0.15) is 0 Å². The summed E-state index contributed by atoms with van der Waals surface area (Å²) in [6.45, 7) is 3.71. The minimum atomic E-state index is -0.364. The Morgan fingerprint density at radius 3 is 2.75 bits per heavy atom. The van der Waals surface area contributed by atoms with Gasteiger partial charge in [0.05, 0.1) is 5.02 Å². The SMILES string of the molecule is CC(C)NC(=S)NNC(=O)COc1ccc(Br)cc1Cl. The van der Waals surface area contributed by atoms with Gasteiger partial charge in [-0.25, -0.2) is 0 Å². The van der Waals surface area contributed by atoms with E-state index in [1.807, 2.05) is 13.8 Å². The normalized spacial score (nSPS) is 10.1. The molecule has 0 saturated heterocycles. The Balaban J connectivity index is 2.34. The Hall–Kier alpha value is -1.05. The molecule has 1 amide bonds. The highest BCUT2D eigenvalue weighted by atomic mass is 79.9. The first-order valence-electron chi connectivity index (χ1n) is 5.81. The van der Waals surface area contributed by atoms with Crippen LogP contribution in [0.15, 0.2) is 22.7 Å². The highest BCUT2D eigenvalue weighted by Crippen LogP contribution is 2.27. The van der Waals surface area contributed by atoms with E-state index in [1.165, 1.54) is 0 Å². The van der Waals surface area contributed by atoms with Crippen LogP contribution in [0.3, 0.4) is 0 Å². The predicted octanol–water partition coefficient (Wildman–Crippen LogP) is 2.38. The van der Waals surface area contributed by atoms with Gasteiger partial charge in [-0.05, 0) is 44.3 Å². The van der Waals surface area contributed by atoms with Crippen molar-refractivity contribution in [2.45, 2.75) is 19.9 Å². The van der Waals surface area contributed by atoms with Crippen LogP contribution in [-0.4, -0.2) is 23.7 Å². The zero-order chi connectivity index (χ0) is 15.1. The van der Waals surface area contributed by atoms with Crippen molar-refractivity contribution < 1.29 is 9.53 Å². The molecule has 5 nitrogen and oxygen atoms in total. The van der Waals surface area contributed by atoms with Crippen molar-refractivity contribution in [2.75, 3.05) is 6.61 Å². The van der Waals surface area contributed by atoms with Crippen molar-refractivity contribution >= 4 is 50.8 Å². The molecule has 1 rings (SSSR count). The highest BCUT2D eigenvalue weighted by molar-refractivity contribution is 9.10. The summed E-state index contributed by atoms with van der Waals surface area (Å²) < 4.78 is 6.14. The van der Waals surface area contributed by atoms with Gasteiger partial charge in [-0.15, -0.1) is 0 Å². The summed E-state index contributed by atoms with van der Waals surface area (Å²) in [5.41, 5.74) is 4.99. The smallest absolute Gasteiger partial charge is 0.276 e. The van der Waals surface area contributed by atoms with Crippen LogP contribution in [0.25, 0.3) is 0 Å². The molecule has 0 atom stereocenters. The second kappa shape index (κ2) is 8.28. The van der Waals surface area contributed by atoms with Gasteiger partial charge in [0.25, 0.3) is 5.91 Å². The fourth-order valence-electron chi connectivity index (χ4n) is 1.20. The zero-order valence-electron chi connectivity index (χ0n) is 11.0. The number of rotatable bonds is 4. The van der Waals surface area contributed by atoms with Crippen LogP contribution < -0.4 is 20.9 Å². The Labute approximate surface area is 136 Å². The number of hydrogen-bond donors (Lipinski definition) is 3. The average molecular weight is 381 g/mol. The second-order valence-electron chi connectivity index (χ2n) is 4.16. The fourth-order valence-corrected chi connectivity index (χ4v) is 2.21. The molecule has 0 heterocycles. The number of thiocarbonyl (C=S) groups is 1. The molecule has 0 saturated carbocycles. The van der Waals surface area contributed by atoms with Gasteiger partial charge < -0.3 is 10.1 Å². The van der Waals surface area contributed by atoms with Gasteiger partial charge in [0.2, 0.25) is 0 Å². The van der Waals surface area contributed by atoms with Gasteiger partial charge >= 0.3 is 0 Å². The Kier molecular flexibility index (Phi) is 7.04. The van der Waals surface area contributed by atoms with Crippen molar-refractivity contribution in [3.8, 4) is 5.75 Å². The van der Waals surface area contributed by atoms with Crippen LogP contribution >= 0.6 is 39.7 Å². The van der Waals surface area contributed by atoms with Crippen LogP contribution in [-0.2, 0) is 4.79 Å². The van der Waals surface area contributed by atoms with E-state index in [0.717, 1.165) is 4.47 Å². The molecule has 3 N–H and O–H groups in total. The molecule has 0 spiro atoms. The first kappa shape index (κ1) is 17.0. The maximum absolute atomic E-state index is 11.5. The van der Waals surface area contributed by atoms with Gasteiger partial charge in [0, 0.05) is 10.5 Å². The third kappa shape index (κ3) is 6.40. The lowest BCUT2D eigenvalue weighted by Gasteiger charge is -2.14. The van der Waals surface area contributed by atoms with Crippen molar-refractivity contribution in [1.82, 2.24) is 16.2 Å². The molecule has 0 aliphatic rings. The van der Waals surface area contributed by atoms with E-state index in [9.17, 15) is 4.79 Å². The molecule has 0 aromatic heterocycles. The number of ether oxygens (including phenoxy) is 1. The summed E-state index contributed by atoms with van der Waals surface area (Å²) in [5, 5.41) is 3.70. The third-order valence-electron chi connectivity index (χ3n) is 1.99. The molecule has 0 aliphatic heterocycles. The van der Waals surface area contributed by atoms with Gasteiger partial charge in [0.1, 0.15) is 5.75 Å². The van der Waals surface area contributed by atoms with E-state index in [1.54, 1.807) is 18.2 Å². The van der Waals surface area contributed by atoms with E-state index in [2.05, 4.69) is 32.1 Å². The summed E-state index contributed by atoms with van der Waals surface area (Å²) in [7, 11) is 0. The third-order valence-corrected chi connectivity index (χ3v) is 3.00. The Morgan fingerprint density at radius 2 is 2.15 bits per heavy atom. The van der Waals surface area contributed by atoms with Crippen LogP contribution in [0.5, 0.6) is 5.75 Å². The molecule has 8 heteroatoms. The number of carbonyl (C=O) groups is 1. The highest BCUT2D eigenvalue weighted by Gasteiger charge is 2.07. The van der Waals surface area contributed by atoms with Crippen LogP contribution in [0.1, 0.15) is 13.8 Å². The number of halogens is 2. The van der Waals surface area contributed by atoms with E-state index in [0.29, 0.717) is 15.9 Å². The first-order chi connectivity index (χ1) is 9.38. The van der Waals surface area contributed by atoms with Crippen LogP contribution in [0, 0.1) is 0 Å². The number of benzene rings is 1. The lowest BCUT2D eigenvalue weighted by Crippen LogP contribution is -2.49. The lowest BCUT2D eigenvalue weighted by atomic mass is 10.3. The van der Waals surface area contributed by atoms with Crippen LogP contribution in [0.4, 0.5) is 0 Å². The minimum absolute atomic E-state index is 0.168. The van der Waals surface area contributed by atoms with E-state index in [4.69, 9.17) is 28.6 Å². The van der Waals surface area contributed by atoms with E-state index >= 15 is 0 Å². The molecule has 0 radical (unpaired) electrons. The number of carbonyl (C=O) groups excluding carboxylic acids is 1. The maximum atomic E-state index is 11.5. The minimum Gasteiger partial charge on any atom is -0.482 e.